The van der Waals surface area contributed by atoms with Gasteiger partial charge >= 0.3 is 5.97 Å². The van der Waals surface area contributed by atoms with E-state index >= 15 is 0 Å². The Balaban J connectivity index is 1.76. The first kappa shape index (κ1) is 19.0. The van der Waals surface area contributed by atoms with Crippen molar-refractivity contribution in [3.63, 3.8) is 0 Å². The van der Waals surface area contributed by atoms with Crippen molar-refractivity contribution in [1.29, 1.82) is 0 Å². The number of carbonyl (C=O) groups excluding carboxylic acids is 1. The van der Waals surface area contributed by atoms with Crippen LogP contribution in [0.25, 0.3) is 0 Å². The molecule has 8 heteroatoms. The van der Waals surface area contributed by atoms with E-state index in [0.717, 1.165) is 12.8 Å². The maximum Gasteiger partial charge on any atom is 0.337 e. The van der Waals surface area contributed by atoms with Crippen LogP contribution in [0.3, 0.4) is 0 Å². The number of nitrogens with zero attached hydrogens (tertiary/aromatic N) is 1. The van der Waals surface area contributed by atoms with Gasteiger partial charge in [-0.1, -0.05) is 28.9 Å². The van der Waals surface area contributed by atoms with Gasteiger partial charge in [0.2, 0.25) is 0 Å². The Morgan fingerprint density at radius 1 is 1.22 bits per heavy atom. The summed E-state index contributed by atoms with van der Waals surface area (Å²) >= 11 is 5.81. The highest BCUT2D eigenvalue weighted by Crippen LogP contribution is 2.30. The Morgan fingerprint density at radius 2 is 1.96 bits per heavy atom. The van der Waals surface area contributed by atoms with Gasteiger partial charge in [-0.05, 0) is 48.7 Å². The molecule has 0 saturated carbocycles. The number of benzene rings is 2. The lowest BCUT2D eigenvalue weighted by Crippen LogP contribution is -2.17. The number of hydrogen-bond donors (Lipinski definition) is 2. The van der Waals surface area contributed by atoms with E-state index in [9.17, 15) is 19.6 Å². The zero-order chi connectivity index (χ0) is 19.4. The van der Waals surface area contributed by atoms with Gasteiger partial charge < -0.3 is 15.2 Å². The van der Waals surface area contributed by atoms with Crippen molar-refractivity contribution >= 4 is 29.2 Å². The summed E-state index contributed by atoms with van der Waals surface area (Å²) < 4.78 is 5.52. The fraction of sp³-hybridized carbons (Fsp3) is 0.263. The molecule has 140 valence electrons. The Morgan fingerprint density at radius 3 is 2.56 bits per heavy atom. The minimum absolute atomic E-state index is 0.101. The highest BCUT2D eigenvalue weighted by molar-refractivity contribution is 6.31. The molecule has 2 atom stereocenters. The van der Waals surface area contributed by atoms with Gasteiger partial charge in [-0.3, -0.25) is 4.79 Å². The summed E-state index contributed by atoms with van der Waals surface area (Å²) in [5, 5.41) is 15.2. The summed E-state index contributed by atoms with van der Waals surface area (Å²) in [6, 6.07) is 10.0. The minimum Gasteiger partial charge on any atom is -0.478 e. The molecule has 1 amide bonds. The van der Waals surface area contributed by atoms with Gasteiger partial charge in [0.1, 0.15) is 6.04 Å². The summed E-state index contributed by atoms with van der Waals surface area (Å²) in [5.74, 6) is -1.67. The van der Waals surface area contributed by atoms with Crippen molar-refractivity contribution in [2.75, 3.05) is 11.9 Å². The van der Waals surface area contributed by atoms with Crippen LogP contribution in [-0.2, 0) is 4.74 Å². The molecule has 2 N–H and O–H groups in total. The van der Waals surface area contributed by atoms with E-state index in [2.05, 4.69) is 10.5 Å². The van der Waals surface area contributed by atoms with Crippen molar-refractivity contribution in [2.45, 2.75) is 25.0 Å². The van der Waals surface area contributed by atoms with Gasteiger partial charge in [-0.2, -0.15) is 4.91 Å². The Bertz CT molecular complexity index is 863. The molecule has 1 aliphatic rings. The number of amides is 1. The predicted octanol–water partition coefficient (Wildman–Crippen LogP) is 4.28. The van der Waals surface area contributed by atoms with Gasteiger partial charge in [0.05, 0.1) is 17.4 Å². The molecular weight excluding hydrogens is 372 g/mol. The maximum absolute atomic E-state index is 12.4. The molecule has 1 heterocycles. The number of anilines is 1. The Kier molecular flexibility index (Phi) is 5.83. The molecular formula is C19H17ClN2O5. The smallest absolute Gasteiger partial charge is 0.337 e. The molecule has 0 bridgehead atoms. The summed E-state index contributed by atoms with van der Waals surface area (Å²) in [6.07, 6.45) is 1.42. The summed E-state index contributed by atoms with van der Waals surface area (Å²) in [5.41, 5.74) is 1.04. The van der Waals surface area contributed by atoms with Crippen LogP contribution in [0.1, 0.15) is 45.2 Å². The van der Waals surface area contributed by atoms with Crippen LogP contribution >= 0.6 is 11.6 Å². The highest BCUT2D eigenvalue weighted by atomic mass is 35.5. The Labute approximate surface area is 160 Å². The van der Waals surface area contributed by atoms with Crippen LogP contribution in [0.4, 0.5) is 5.69 Å². The maximum atomic E-state index is 12.4. The highest BCUT2D eigenvalue weighted by Gasteiger charge is 2.28. The predicted molar refractivity (Wildman–Crippen MR) is 100 cm³/mol. The third-order valence-electron chi connectivity index (χ3n) is 4.41. The number of rotatable bonds is 6. The van der Waals surface area contributed by atoms with E-state index in [1.807, 2.05) is 0 Å². The normalized spacial score (nSPS) is 17.3. The monoisotopic (exact) mass is 388 g/mol. The van der Waals surface area contributed by atoms with Crippen molar-refractivity contribution in [3.05, 3.63) is 69.1 Å². The van der Waals surface area contributed by atoms with E-state index in [0.29, 0.717) is 17.7 Å². The third kappa shape index (κ3) is 4.32. The molecule has 0 radical (unpaired) electrons. The minimum atomic E-state index is -1.19. The summed E-state index contributed by atoms with van der Waals surface area (Å²) in [7, 11) is 0. The van der Waals surface area contributed by atoms with Crippen molar-refractivity contribution < 1.29 is 19.4 Å². The van der Waals surface area contributed by atoms with E-state index in [1.165, 1.54) is 18.2 Å². The topological polar surface area (TPSA) is 105 Å². The van der Waals surface area contributed by atoms with Crippen LogP contribution in [-0.4, -0.2) is 29.7 Å². The number of hydrogen-bond acceptors (Lipinski definition) is 5. The lowest BCUT2D eigenvalue weighted by molar-refractivity contribution is 0.0698. The van der Waals surface area contributed by atoms with Crippen LogP contribution in [0, 0.1) is 4.91 Å². The number of nitrogens with one attached hydrogen (secondary N) is 1. The lowest BCUT2D eigenvalue weighted by atomic mass is 9.99. The number of carbonyl (C=O) groups is 2. The van der Waals surface area contributed by atoms with Crippen molar-refractivity contribution in [3.8, 4) is 0 Å². The molecule has 0 spiro atoms. The average Bonchev–Trinajstić information content (AvgIpc) is 3.18. The van der Waals surface area contributed by atoms with E-state index in [4.69, 9.17) is 16.3 Å². The summed E-state index contributed by atoms with van der Waals surface area (Å²) in [6.45, 7) is 0.615. The molecule has 2 unspecified atom stereocenters. The van der Waals surface area contributed by atoms with Gasteiger partial charge in [0, 0.05) is 17.2 Å². The van der Waals surface area contributed by atoms with Gasteiger partial charge in [-0.25, -0.2) is 4.79 Å². The zero-order valence-corrected chi connectivity index (χ0v) is 15.0. The number of halogens is 1. The number of ether oxygens (including phenoxy) is 1. The van der Waals surface area contributed by atoms with Gasteiger partial charge in [0.15, 0.2) is 0 Å². The van der Waals surface area contributed by atoms with E-state index < -0.39 is 17.9 Å². The molecule has 1 aliphatic heterocycles. The second-order valence-electron chi connectivity index (χ2n) is 6.17. The van der Waals surface area contributed by atoms with Crippen LogP contribution in [0.15, 0.2) is 47.6 Å². The molecule has 0 aromatic heterocycles. The van der Waals surface area contributed by atoms with Gasteiger partial charge in [0.25, 0.3) is 5.91 Å². The number of nitroso groups, excluding NO2 is 1. The second-order valence-corrected chi connectivity index (χ2v) is 6.61. The Hall–Kier alpha value is -2.77. The average molecular weight is 389 g/mol. The van der Waals surface area contributed by atoms with Crippen molar-refractivity contribution in [1.82, 2.24) is 0 Å². The van der Waals surface area contributed by atoms with E-state index in [1.54, 1.807) is 24.3 Å². The zero-order valence-electron chi connectivity index (χ0n) is 14.2. The van der Waals surface area contributed by atoms with Crippen LogP contribution < -0.4 is 5.32 Å². The molecule has 2 aromatic rings. The number of carboxylic acids is 1. The first-order chi connectivity index (χ1) is 13.0. The fourth-order valence-corrected chi connectivity index (χ4v) is 3.20. The molecule has 3 rings (SSSR count). The lowest BCUT2D eigenvalue weighted by Gasteiger charge is -2.16. The fourth-order valence-electron chi connectivity index (χ4n) is 3.02. The van der Waals surface area contributed by atoms with E-state index in [-0.39, 0.29) is 22.4 Å². The quantitative estimate of drug-likeness (QED) is 0.718. The SMILES string of the molecule is O=NC(c1ccc(C(=O)Nc2ccc(Cl)cc2C(=O)O)cc1)C1CCCO1. The molecule has 1 saturated heterocycles. The molecule has 7 nitrogen and oxygen atoms in total. The molecule has 0 aliphatic carbocycles. The van der Waals surface area contributed by atoms with Crippen LogP contribution in [0.5, 0.6) is 0 Å². The largest absolute Gasteiger partial charge is 0.478 e. The molecule has 1 fully saturated rings. The second kappa shape index (κ2) is 8.28. The summed E-state index contributed by atoms with van der Waals surface area (Å²) in [4.78, 5) is 34.9. The van der Waals surface area contributed by atoms with Gasteiger partial charge in [-0.15, -0.1) is 0 Å². The number of aromatic carboxylic acids is 1. The number of carboxylic acid groups (broad SMARTS) is 1. The first-order valence-corrected chi connectivity index (χ1v) is 8.75. The third-order valence-corrected chi connectivity index (χ3v) is 4.64. The van der Waals surface area contributed by atoms with Crippen LogP contribution in [0.2, 0.25) is 5.02 Å². The molecule has 27 heavy (non-hydrogen) atoms. The molecule has 2 aromatic carbocycles. The van der Waals surface area contributed by atoms with Crippen molar-refractivity contribution in [2.24, 2.45) is 5.18 Å². The standard InChI is InChI=1S/C19H17ClN2O5/c20-13-7-8-15(14(10-13)19(24)25)21-18(23)12-5-3-11(4-6-12)17(22-26)16-2-1-9-27-16/h3-8,10,16-17H,1-2,9H2,(H,21,23)(H,24,25). The first-order valence-electron chi connectivity index (χ1n) is 8.38.